The van der Waals surface area contributed by atoms with Gasteiger partial charge in [0.25, 0.3) is 0 Å². The van der Waals surface area contributed by atoms with E-state index >= 15 is 0 Å². The lowest BCUT2D eigenvalue weighted by atomic mass is 9.94. The molecule has 4 heteroatoms. The molecule has 0 aromatic carbocycles. The molecule has 1 fully saturated rings. The summed E-state index contributed by atoms with van der Waals surface area (Å²) >= 11 is 0. The molecule has 0 amide bonds. The van der Waals surface area contributed by atoms with E-state index in [9.17, 15) is 13.2 Å². The highest BCUT2D eigenvalue weighted by molar-refractivity contribution is 4.87. The minimum Gasteiger partial charge on any atom is -0.289 e. The van der Waals surface area contributed by atoms with Gasteiger partial charge in [-0.05, 0) is 32.2 Å². The maximum atomic E-state index is 13.3. The van der Waals surface area contributed by atoms with E-state index in [1.165, 1.54) is 0 Å². The third-order valence-corrected chi connectivity index (χ3v) is 4.67. The minimum atomic E-state index is -4.06. The molecule has 1 saturated heterocycles. The molecule has 0 aliphatic carbocycles. The van der Waals surface area contributed by atoms with E-state index in [2.05, 4.69) is 13.8 Å². The van der Waals surface area contributed by atoms with E-state index in [0.717, 1.165) is 64.2 Å². The second kappa shape index (κ2) is 9.70. The Morgan fingerprint density at radius 1 is 0.952 bits per heavy atom. The Labute approximate surface area is 128 Å². The fourth-order valence-electron chi connectivity index (χ4n) is 3.48. The highest BCUT2D eigenvalue weighted by atomic mass is 19.4. The molecule has 0 unspecified atom stereocenters. The lowest BCUT2D eigenvalue weighted by Crippen LogP contribution is -2.53. The SMILES string of the molecule is CCCCCC(CCCCC)N1CCCC[C@H]1C(F)(F)F. The molecule has 0 aromatic rings. The fraction of sp³-hybridized carbons (Fsp3) is 1.00. The van der Waals surface area contributed by atoms with Crippen LogP contribution in [-0.4, -0.2) is 29.7 Å². The predicted octanol–water partition coefficient (Wildman–Crippen LogP) is 5.93. The largest absolute Gasteiger partial charge is 0.404 e. The van der Waals surface area contributed by atoms with Crippen LogP contribution in [0.1, 0.15) is 84.5 Å². The highest BCUT2D eigenvalue weighted by Crippen LogP contribution is 2.35. The third-order valence-electron chi connectivity index (χ3n) is 4.67. The Morgan fingerprint density at radius 3 is 2.00 bits per heavy atom. The maximum Gasteiger partial charge on any atom is 0.404 e. The van der Waals surface area contributed by atoms with Gasteiger partial charge in [0.1, 0.15) is 6.04 Å². The molecule has 1 atom stereocenters. The smallest absolute Gasteiger partial charge is 0.289 e. The first-order chi connectivity index (χ1) is 10.0. The van der Waals surface area contributed by atoms with Crippen molar-refractivity contribution in [2.45, 2.75) is 103 Å². The first kappa shape index (κ1) is 18.8. The van der Waals surface area contributed by atoms with Gasteiger partial charge in [0.2, 0.25) is 0 Å². The van der Waals surface area contributed by atoms with Crippen LogP contribution in [0.2, 0.25) is 0 Å². The van der Waals surface area contributed by atoms with Crippen LogP contribution in [0.5, 0.6) is 0 Å². The predicted molar refractivity (Wildman–Crippen MR) is 82.5 cm³/mol. The summed E-state index contributed by atoms with van der Waals surface area (Å²) in [6.45, 7) is 4.92. The van der Waals surface area contributed by atoms with Crippen LogP contribution >= 0.6 is 0 Å². The number of hydrogen-bond donors (Lipinski definition) is 0. The van der Waals surface area contributed by atoms with Crippen LogP contribution in [0, 0.1) is 0 Å². The standard InChI is InChI=1S/C17H32F3N/c1-3-5-7-11-15(12-8-6-4-2)21-14-10-9-13-16(21)17(18,19)20/h15-16H,3-14H2,1-2H3/t16-/m0/s1. The van der Waals surface area contributed by atoms with E-state index in [0.29, 0.717) is 13.0 Å². The van der Waals surface area contributed by atoms with E-state index in [4.69, 9.17) is 0 Å². The Hall–Kier alpha value is -0.250. The number of hydrogen-bond acceptors (Lipinski definition) is 1. The molecular formula is C17H32F3N. The topological polar surface area (TPSA) is 3.24 Å². The van der Waals surface area contributed by atoms with Crippen LogP contribution in [0.15, 0.2) is 0 Å². The Morgan fingerprint density at radius 2 is 1.52 bits per heavy atom. The maximum absolute atomic E-state index is 13.3. The molecule has 1 aliphatic heterocycles. The average Bonchev–Trinajstić information content (AvgIpc) is 2.45. The molecule has 1 rings (SSSR count). The number of unbranched alkanes of at least 4 members (excludes halogenated alkanes) is 4. The summed E-state index contributed by atoms with van der Waals surface area (Å²) in [6, 6.07) is -1.06. The summed E-state index contributed by atoms with van der Waals surface area (Å²) in [5, 5.41) is 0. The molecular weight excluding hydrogens is 275 g/mol. The highest BCUT2D eigenvalue weighted by Gasteiger charge is 2.46. The normalized spacial score (nSPS) is 21.1. The summed E-state index contributed by atoms with van der Waals surface area (Å²) < 4.78 is 39.9. The Kier molecular flexibility index (Phi) is 8.69. The van der Waals surface area contributed by atoms with Gasteiger partial charge in [-0.25, -0.2) is 0 Å². The first-order valence-corrected chi connectivity index (χ1v) is 8.83. The number of rotatable bonds is 9. The molecule has 21 heavy (non-hydrogen) atoms. The molecule has 1 heterocycles. The van der Waals surface area contributed by atoms with Gasteiger partial charge < -0.3 is 0 Å². The van der Waals surface area contributed by atoms with Gasteiger partial charge in [-0.2, -0.15) is 13.2 Å². The van der Waals surface area contributed by atoms with Gasteiger partial charge in [0.05, 0.1) is 0 Å². The van der Waals surface area contributed by atoms with Crippen LogP contribution < -0.4 is 0 Å². The zero-order valence-electron chi connectivity index (χ0n) is 13.7. The van der Waals surface area contributed by atoms with Gasteiger partial charge >= 0.3 is 6.18 Å². The zero-order valence-corrected chi connectivity index (χ0v) is 13.7. The molecule has 0 radical (unpaired) electrons. The lowest BCUT2D eigenvalue weighted by Gasteiger charge is -2.42. The van der Waals surface area contributed by atoms with E-state index in [1.807, 2.05) is 0 Å². The van der Waals surface area contributed by atoms with Gasteiger partial charge in [-0.15, -0.1) is 0 Å². The monoisotopic (exact) mass is 307 g/mol. The average molecular weight is 307 g/mol. The molecule has 0 spiro atoms. The summed E-state index contributed by atoms with van der Waals surface area (Å²) in [7, 11) is 0. The molecule has 1 nitrogen and oxygen atoms in total. The van der Waals surface area contributed by atoms with Crippen molar-refractivity contribution in [3.05, 3.63) is 0 Å². The molecule has 0 bridgehead atoms. The van der Waals surface area contributed by atoms with Crippen molar-refractivity contribution in [1.29, 1.82) is 0 Å². The molecule has 0 saturated carbocycles. The second-order valence-electron chi connectivity index (χ2n) is 6.44. The summed E-state index contributed by atoms with van der Waals surface area (Å²) in [5.74, 6) is 0. The Bertz CT molecular complexity index is 255. The van der Waals surface area contributed by atoms with E-state index < -0.39 is 12.2 Å². The quantitative estimate of drug-likeness (QED) is 0.477. The second-order valence-corrected chi connectivity index (χ2v) is 6.44. The van der Waals surface area contributed by atoms with Crippen molar-refractivity contribution in [3.8, 4) is 0 Å². The van der Waals surface area contributed by atoms with Gasteiger partial charge in [0, 0.05) is 6.04 Å². The van der Waals surface area contributed by atoms with Crippen LogP contribution in [-0.2, 0) is 0 Å². The van der Waals surface area contributed by atoms with Crippen molar-refractivity contribution in [3.63, 3.8) is 0 Å². The zero-order chi connectivity index (χ0) is 15.7. The van der Waals surface area contributed by atoms with Crippen molar-refractivity contribution in [2.24, 2.45) is 0 Å². The van der Waals surface area contributed by atoms with Crippen molar-refractivity contribution in [2.75, 3.05) is 6.54 Å². The number of halogens is 3. The summed E-state index contributed by atoms with van der Waals surface area (Å²) in [4.78, 5) is 1.80. The van der Waals surface area contributed by atoms with Gasteiger partial charge in [-0.1, -0.05) is 58.8 Å². The Balaban J connectivity index is 2.66. The van der Waals surface area contributed by atoms with Gasteiger partial charge in [-0.3, -0.25) is 4.90 Å². The first-order valence-electron chi connectivity index (χ1n) is 8.83. The van der Waals surface area contributed by atoms with Crippen LogP contribution in [0.4, 0.5) is 13.2 Å². The number of nitrogens with zero attached hydrogens (tertiary/aromatic N) is 1. The number of piperidine rings is 1. The molecule has 1 aliphatic rings. The van der Waals surface area contributed by atoms with E-state index in [-0.39, 0.29) is 6.04 Å². The molecule has 0 N–H and O–H groups in total. The molecule has 0 aromatic heterocycles. The van der Waals surface area contributed by atoms with E-state index in [1.54, 1.807) is 4.90 Å². The fourth-order valence-corrected chi connectivity index (χ4v) is 3.48. The van der Waals surface area contributed by atoms with Crippen LogP contribution in [0.25, 0.3) is 0 Å². The lowest BCUT2D eigenvalue weighted by molar-refractivity contribution is -0.198. The summed E-state index contributed by atoms with van der Waals surface area (Å²) in [6.07, 6.45) is 6.40. The summed E-state index contributed by atoms with van der Waals surface area (Å²) in [5.41, 5.74) is 0. The van der Waals surface area contributed by atoms with Crippen molar-refractivity contribution < 1.29 is 13.2 Å². The van der Waals surface area contributed by atoms with Gasteiger partial charge in [0.15, 0.2) is 0 Å². The van der Waals surface area contributed by atoms with Crippen LogP contribution in [0.3, 0.4) is 0 Å². The third kappa shape index (κ3) is 6.58. The number of alkyl halides is 3. The molecule has 126 valence electrons. The minimum absolute atomic E-state index is 0.134. The van der Waals surface area contributed by atoms with Crippen molar-refractivity contribution >= 4 is 0 Å². The van der Waals surface area contributed by atoms with Crippen molar-refractivity contribution in [1.82, 2.24) is 4.90 Å². The number of likely N-dealkylation sites (tertiary alicyclic amines) is 1.